The average molecular weight is 294 g/mol. The van der Waals surface area contributed by atoms with E-state index in [1.807, 2.05) is 23.7 Å². The number of hydrogen-bond donors (Lipinski definition) is 1. The molecule has 17 heavy (non-hydrogen) atoms. The van der Waals surface area contributed by atoms with E-state index in [2.05, 4.69) is 36.1 Å². The van der Waals surface area contributed by atoms with Gasteiger partial charge in [-0.1, -0.05) is 0 Å². The van der Waals surface area contributed by atoms with Crippen molar-refractivity contribution in [2.45, 2.75) is 6.92 Å². The summed E-state index contributed by atoms with van der Waals surface area (Å²) in [7, 11) is 0. The lowest BCUT2D eigenvalue weighted by Gasteiger charge is -2.03. The molecule has 86 valence electrons. The van der Waals surface area contributed by atoms with E-state index in [1.54, 1.807) is 12.3 Å². The number of aromatic amines is 1. The lowest BCUT2D eigenvalue weighted by atomic mass is 10.5. The van der Waals surface area contributed by atoms with Gasteiger partial charge in [0.2, 0.25) is 11.5 Å². The zero-order valence-corrected chi connectivity index (χ0v) is 10.5. The number of ether oxygens (including phenoxy) is 1. The first-order valence-corrected chi connectivity index (χ1v) is 5.71. The molecular formula is C10H8BrN5O. The second-order valence-electron chi connectivity index (χ2n) is 3.52. The number of fused-ring (bicyclic) bond motifs is 1. The van der Waals surface area contributed by atoms with Crippen LogP contribution in [-0.2, 0) is 0 Å². The van der Waals surface area contributed by atoms with E-state index in [1.165, 1.54) is 0 Å². The van der Waals surface area contributed by atoms with Gasteiger partial charge in [-0.05, 0) is 22.9 Å². The van der Waals surface area contributed by atoms with Gasteiger partial charge in [0.05, 0.1) is 0 Å². The van der Waals surface area contributed by atoms with Crippen LogP contribution in [0.5, 0.6) is 11.8 Å². The largest absolute Gasteiger partial charge is 0.415 e. The van der Waals surface area contributed by atoms with E-state index in [0.717, 1.165) is 5.69 Å². The molecule has 0 saturated carbocycles. The Hall–Kier alpha value is -1.89. The molecule has 3 aromatic rings. The molecular weight excluding hydrogens is 286 g/mol. The Balaban J connectivity index is 2.07. The van der Waals surface area contributed by atoms with Gasteiger partial charge < -0.3 is 4.74 Å². The summed E-state index contributed by atoms with van der Waals surface area (Å²) in [6.07, 6.45) is 5.32. The van der Waals surface area contributed by atoms with Gasteiger partial charge in [-0.25, -0.2) is 9.97 Å². The summed E-state index contributed by atoms with van der Waals surface area (Å²) < 4.78 is 8.08. The molecule has 0 bridgehead atoms. The van der Waals surface area contributed by atoms with E-state index in [9.17, 15) is 0 Å². The van der Waals surface area contributed by atoms with Crippen LogP contribution in [0.25, 0.3) is 5.65 Å². The predicted octanol–water partition coefficient (Wildman–Crippen LogP) is 2.32. The summed E-state index contributed by atoms with van der Waals surface area (Å²) in [5.74, 6) is 0.883. The predicted molar refractivity (Wildman–Crippen MR) is 64.1 cm³/mol. The fourth-order valence-electron chi connectivity index (χ4n) is 1.49. The van der Waals surface area contributed by atoms with Crippen LogP contribution in [0, 0.1) is 6.92 Å². The molecule has 0 aromatic carbocycles. The first kappa shape index (κ1) is 10.3. The number of imidazole rings is 1. The molecule has 0 saturated heterocycles. The molecule has 0 aliphatic carbocycles. The van der Waals surface area contributed by atoms with Crippen LogP contribution < -0.4 is 4.74 Å². The molecule has 0 unspecified atom stereocenters. The monoisotopic (exact) mass is 293 g/mol. The van der Waals surface area contributed by atoms with E-state index in [4.69, 9.17) is 4.74 Å². The van der Waals surface area contributed by atoms with Crippen molar-refractivity contribution in [1.82, 2.24) is 24.6 Å². The zero-order chi connectivity index (χ0) is 11.8. The molecule has 7 heteroatoms. The first-order valence-electron chi connectivity index (χ1n) is 4.91. The Kier molecular flexibility index (Phi) is 2.32. The van der Waals surface area contributed by atoms with Crippen LogP contribution in [0.15, 0.2) is 29.3 Å². The van der Waals surface area contributed by atoms with Crippen molar-refractivity contribution in [2.24, 2.45) is 0 Å². The van der Waals surface area contributed by atoms with Crippen molar-refractivity contribution in [3.05, 3.63) is 35.0 Å². The average Bonchev–Trinajstić information content (AvgIpc) is 2.87. The van der Waals surface area contributed by atoms with Crippen LogP contribution in [0.3, 0.4) is 0 Å². The summed E-state index contributed by atoms with van der Waals surface area (Å²) in [6.45, 7) is 1.90. The molecule has 0 spiro atoms. The quantitative estimate of drug-likeness (QED) is 0.787. The summed E-state index contributed by atoms with van der Waals surface area (Å²) >= 11 is 3.32. The van der Waals surface area contributed by atoms with Gasteiger partial charge in [-0.15, -0.1) is 5.10 Å². The second kappa shape index (κ2) is 3.85. The van der Waals surface area contributed by atoms with Crippen molar-refractivity contribution in [2.75, 3.05) is 0 Å². The standard InChI is InChI=1S/C10H8BrN5O/c1-6-4-8(15-14-6)17-10-9-12-2-3-16(9)5-7(11)13-10/h2-5H,1H3,(H,14,15). The van der Waals surface area contributed by atoms with Crippen molar-refractivity contribution in [3.63, 3.8) is 0 Å². The topological polar surface area (TPSA) is 68.1 Å². The number of aromatic nitrogens is 5. The fourth-order valence-corrected chi connectivity index (χ4v) is 1.87. The Morgan fingerprint density at radius 3 is 3.12 bits per heavy atom. The third-order valence-corrected chi connectivity index (χ3v) is 2.58. The molecule has 3 rings (SSSR count). The third kappa shape index (κ3) is 1.89. The van der Waals surface area contributed by atoms with Crippen LogP contribution in [0.2, 0.25) is 0 Å². The van der Waals surface area contributed by atoms with Gasteiger partial charge in [0.15, 0.2) is 0 Å². The highest BCUT2D eigenvalue weighted by molar-refractivity contribution is 9.10. The van der Waals surface area contributed by atoms with Gasteiger partial charge in [0.25, 0.3) is 5.88 Å². The van der Waals surface area contributed by atoms with Crippen LogP contribution in [-0.4, -0.2) is 24.6 Å². The number of aryl methyl sites for hydroxylation is 1. The Bertz CT molecular complexity index is 674. The normalized spacial score (nSPS) is 10.9. The van der Waals surface area contributed by atoms with E-state index in [-0.39, 0.29) is 0 Å². The number of nitrogens with zero attached hydrogens (tertiary/aromatic N) is 4. The molecule has 0 atom stereocenters. The molecule has 3 aromatic heterocycles. The number of hydrogen-bond acceptors (Lipinski definition) is 4. The maximum absolute atomic E-state index is 5.58. The SMILES string of the molecule is Cc1cc(Oc2nc(Br)cn3ccnc23)n[nH]1. The smallest absolute Gasteiger partial charge is 0.266 e. The van der Waals surface area contributed by atoms with Crippen LogP contribution in [0.1, 0.15) is 5.69 Å². The summed E-state index contributed by atoms with van der Waals surface area (Å²) in [5.41, 5.74) is 1.57. The van der Waals surface area contributed by atoms with Gasteiger partial charge >= 0.3 is 0 Å². The third-order valence-electron chi connectivity index (χ3n) is 2.20. The van der Waals surface area contributed by atoms with Crippen LogP contribution in [0.4, 0.5) is 0 Å². The number of nitrogens with one attached hydrogen (secondary N) is 1. The van der Waals surface area contributed by atoms with Gasteiger partial charge in [-0.2, -0.15) is 0 Å². The van der Waals surface area contributed by atoms with Crippen molar-refractivity contribution < 1.29 is 4.74 Å². The molecule has 6 nitrogen and oxygen atoms in total. The molecule has 0 fully saturated rings. The molecule has 1 N–H and O–H groups in total. The highest BCUT2D eigenvalue weighted by atomic mass is 79.9. The van der Waals surface area contributed by atoms with Gasteiger partial charge in [-0.3, -0.25) is 9.50 Å². The van der Waals surface area contributed by atoms with E-state index < -0.39 is 0 Å². The molecule has 0 aliphatic heterocycles. The molecule has 0 amide bonds. The first-order chi connectivity index (χ1) is 8.22. The van der Waals surface area contributed by atoms with Crippen LogP contribution >= 0.6 is 15.9 Å². The summed E-state index contributed by atoms with van der Waals surface area (Å²) in [5, 5.41) is 6.80. The second-order valence-corrected chi connectivity index (χ2v) is 4.33. The number of halogens is 1. The van der Waals surface area contributed by atoms with E-state index >= 15 is 0 Å². The maximum atomic E-state index is 5.58. The highest BCUT2D eigenvalue weighted by Gasteiger charge is 2.10. The van der Waals surface area contributed by atoms with Crippen molar-refractivity contribution in [3.8, 4) is 11.8 Å². The minimum Gasteiger partial charge on any atom is -0.415 e. The molecule has 3 heterocycles. The zero-order valence-electron chi connectivity index (χ0n) is 8.88. The minimum absolute atomic E-state index is 0.413. The Morgan fingerprint density at radius 2 is 2.35 bits per heavy atom. The number of rotatable bonds is 2. The number of H-pyrrole nitrogens is 1. The van der Waals surface area contributed by atoms with Gasteiger partial charge in [0.1, 0.15) is 4.60 Å². The van der Waals surface area contributed by atoms with Gasteiger partial charge in [0, 0.05) is 30.4 Å². The summed E-state index contributed by atoms with van der Waals surface area (Å²) in [4.78, 5) is 8.41. The Morgan fingerprint density at radius 1 is 1.47 bits per heavy atom. The minimum atomic E-state index is 0.413. The molecule has 0 aliphatic rings. The fraction of sp³-hybridized carbons (Fsp3) is 0.100. The summed E-state index contributed by atoms with van der Waals surface area (Å²) in [6, 6.07) is 1.79. The lowest BCUT2D eigenvalue weighted by molar-refractivity contribution is 0.444. The highest BCUT2D eigenvalue weighted by Crippen LogP contribution is 2.23. The maximum Gasteiger partial charge on any atom is 0.266 e. The van der Waals surface area contributed by atoms with Crippen molar-refractivity contribution in [1.29, 1.82) is 0 Å². The Labute approximate surface area is 105 Å². The van der Waals surface area contributed by atoms with Crippen molar-refractivity contribution >= 4 is 21.6 Å². The molecule has 0 radical (unpaired) electrons. The van der Waals surface area contributed by atoms with E-state index in [0.29, 0.717) is 22.0 Å². The lowest BCUT2D eigenvalue weighted by Crippen LogP contribution is -1.94.